The third kappa shape index (κ3) is 3.19. The fourth-order valence-corrected chi connectivity index (χ4v) is 3.83. The Labute approximate surface area is 168 Å². The molecule has 4 rings (SSSR count). The number of Topliss-reactive ketones (excluding diaryl/α,β-unsaturated/α-hetero) is 1. The van der Waals surface area contributed by atoms with Crippen LogP contribution in [-0.4, -0.2) is 16.7 Å². The lowest BCUT2D eigenvalue weighted by Crippen LogP contribution is -2.48. The van der Waals surface area contributed by atoms with Gasteiger partial charge in [-0.15, -0.1) is 0 Å². The maximum atomic E-state index is 12.8. The van der Waals surface area contributed by atoms with Gasteiger partial charge in [-0.1, -0.05) is 17.7 Å². The van der Waals surface area contributed by atoms with Gasteiger partial charge in [0.1, 0.15) is 11.6 Å². The number of benzene rings is 1. The largest absolute Gasteiger partial charge is 0.468 e. The second-order valence-electron chi connectivity index (χ2n) is 7.14. The second kappa shape index (κ2) is 7.32. The Hall–Kier alpha value is -3.79. The lowest BCUT2D eigenvalue weighted by Gasteiger charge is -2.38. The maximum absolute atomic E-state index is 12.8. The maximum Gasteiger partial charge on any atom is 0.270 e. The summed E-state index contributed by atoms with van der Waals surface area (Å²) in [6.45, 7) is 1.94. The van der Waals surface area contributed by atoms with E-state index in [1.54, 1.807) is 24.3 Å². The fraction of sp³-hybridized carbons (Fsp3) is 0.227. The Kier molecular flexibility index (Phi) is 4.69. The molecule has 0 fully saturated rings. The molecule has 146 valence electrons. The van der Waals surface area contributed by atoms with Crippen LogP contribution in [0.5, 0.6) is 0 Å². The zero-order chi connectivity index (χ0) is 20.5. The minimum absolute atomic E-state index is 0.0671. The number of allylic oxidation sites excluding steroid dienone is 3. The number of nitrogens with zero attached hydrogens (tertiary/aromatic N) is 2. The minimum atomic E-state index is -0.662. The van der Waals surface area contributed by atoms with Crippen LogP contribution in [0.15, 0.2) is 69.7 Å². The Bertz CT molecular complexity index is 1070. The lowest BCUT2D eigenvalue weighted by atomic mass is 9.78. The van der Waals surface area contributed by atoms with Crippen molar-refractivity contribution in [3.8, 4) is 6.07 Å². The summed E-state index contributed by atoms with van der Waals surface area (Å²) in [5, 5.41) is 11.2. The molecule has 3 N–H and O–H groups in total. The summed E-state index contributed by atoms with van der Waals surface area (Å²) in [6.07, 6.45) is 3.09. The van der Waals surface area contributed by atoms with Gasteiger partial charge in [-0.05, 0) is 44.0 Å². The molecule has 0 radical (unpaired) electrons. The van der Waals surface area contributed by atoms with Crippen molar-refractivity contribution in [3.63, 3.8) is 0 Å². The summed E-state index contributed by atoms with van der Waals surface area (Å²) >= 11 is 0. The molecule has 7 nitrogen and oxygen atoms in total. The van der Waals surface area contributed by atoms with Crippen molar-refractivity contribution in [1.82, 2.24) is 10.4 Å². The summed E-state index contributed by atoms with van der Waals surface area (Å²) in [7, 11) is 0. The molecule has 1 aromatic carbocycles. The van der Waals surface area contributed by atoms with Gasteiger partial charge in [0, 0.05) is 17.6 Å². The molecule has 2 aliphatic rings. The Morgan fingerprint density at radius 2 is 2.03 bits per heavy atom. The predicted octanol–water partition coefficient (Wildman–Crippen LogP) is 3.03. The zero-order valence-electron chi connectivity index (χ0n) is 15.9. The number of nitrogens with one attached hydrogen (secondary N) is 1. The number of hydrogen-bond donors (Lipinski definition) is 2. The minimum Gasteiger partial charge on any atom is -0.468 e. The quantitative estimate of drug-likeness (QED) is 0.836. The lowest BCUT2D eigenvalue weighted by molar-refractivity contribution is -0.116. The molecule has 0 saturated carbocycles. The topological polar surface area (TPSA) is 112 Å². The summed E-state index contributed by atoms with van der Waals surface area (Å²) in [4.78, 5) is 25.6. The third-order valence-corrected chi connectivity index (χ3v) is 5.27. The number of ketones is 1. The Balaban J connectivity index is 1.78. The highest BCUT2D eigenvalue weighted by Crippen LogP contribution is 2.44. The number of aryl methyl sites for hydroxylation is 1. The van der Waals surface area contributed by atoms with E-state index < -0.39 is 5.92 Å². The van der Waals surface area contributed by atoms with Crippen molar-refractivity contribution in [2.75, 3.05) is 0 Å². The number of nitriles is 1. The molecule has 29 heavy (non-hydrogen) atoms. The summed E-state index contributed by atoms with van der Waals surface area (Å²) in [5.74, 6) is -0.515. The van der Waals surface area contributed by atoms with Gasteiger partial charge in [0.25, 0.3) is 5.91 Å². The van der Waals surface area contributed by atoms with E-state index in [1.165, 1.54) is 11.3 Å². The van der Waals surface area contributed by atoms with E-state index in [9.17, 15) is 14.9 Å². The standard InChI is InChI=1S/C22H20N4O3/c1-13-7-9-14(10-8-13)22(28)25-26-16-4-2-5-17(27)20(16)19(15(12-23)21(26)24)18-6-3-11-29-18/h3,6-11,19H,2,4-5,24H2,1H3,(H,25,28). The fourth-order valence-electron chi connectivity index (χ4n) is 3.83. The SMILES string of the molecule is Cc1ccc(C(=O)NN2C(N)=C(C#N)C(c3ccco3)C3=C2CCCC3=O)cc1. The van der Waals surface area contributed by atoms with E-state index in [1.807, 2.05) is 19.1 Å². The van der Waals surface area contributed by atoms with Crippen LogP contribution in [0.25, 0.3) is 0 Å². The summed E-state index contributed by atoms with van der Waals surface area (Å²) in [5.41, 5.74) is 11.8. The van der Waals surface area contributed by atoms with Crippen LogP contribution in [0, 0.1) is 18.3 Å². The smallest absolute Gasteiger partial charge is 0.270 e. The van der Waals surface area contributed by atoms with Gasteiger partial charge in [0.15, 0.2) is 5.78 Å². The first-order valence-corrected chi connectivity index (χ1v) is 9.38. The number of carbonyl (C=O) groups excluding carboxylic acids is 2. The molecule has 0 saturated heterocycles. The molecule has 7 heteroatoms. The van der Waals surface area contributed by atoms with Gasteiger partial charge in [-0.25, -0.2) is 5.01 Å². The Morgan fingerprint density at radius 1 is 1.28 bits per heavy atom. The normalized spacial score (nSPS) is 19.1. The third-order valence-electron chi connectivity index (χ3n) is 5.27. The molecule has 2 aromatic rings. The molecule has 1 atom stereocenters. The van der Waals surface area contributed by atoms with Gasteiger partial charge < -0.3 is 10.2 Å². The van der Waals surface area contributed by atoms with E-state index in [2.05, 4.69) is 11.5 Å². The highest BCUT2D eigenvalue weighted by molar-refractivity contribution is 6.00. The van der Waals surface area contributed by atoms with Gasteiger partial charge in [0.05, 0.1) is 29.5 Å². The van der Waals surface area contributed by atoms with Crippen LogP contribution in [0.4, 0.5) is 0 Å². The molecule has 0 spiro atoms. The van der Waals surface area contributed by atoms with Crippen LogP contribution in [0.1, 0.15) is 46.9 Å². The van der Waals surface area contributed by atoms with Gasteiger partial charge in [-0.2, -0.15) is 5.26 Å². The molecule has 1 aromatic heterocycles. The molecule has 1 aliphatic carbocycles. The molecule has 0 bridgehead atoms. The first kappa shape index (κ1) is 18.6. The van der Waals surface area contributed by atoms with Gasteiger partial charge in [0.2, 0.25) is 0 Å². The molecule has 2 heterocycles. The van der Waals surface area contributed by atoms with Crippen molar-refractivity contribution < 1.29 is 14.0 Å². The molecule has 1 unspecified atom stereocenters. The molecule has 1 amide bonds. The van der Waals surface area contributed by atoms with Crippen molar-refractivity contribution in [3.05, 3.63) is 82.2 Å². The van der Waals surface area contributed by atoms with Crippen LogP contribution >= 0.6 is 0 Å². The first-order chi connectivity index (χ1) is 14.0. The monoisotopic (exact) mass is 388 g/mol. The van der Waals surface area contributed by atoms with E-state index in [-0.39, 0.29) is 23.1 Å². The van der Waals surface area contributed by atoms with Crippen molar-refractivity contribution in [1.29, 1.82) is 5.26 Å². The number of amides is 1. The predicted molar refractivity (Wildman–Crippen MR) is 105 cm³/mol. The molecular weight excluding hydrogens is 368 g/mol. The number of furan rings is 1. The van der Waals surface area contributed by atoms with E-state index in [0.29, 0.717) is 41.9 Å². The van der Waals surface area contributed by atoms with E-state index >= 15 is 0 Å². The van der Waals surface area contributed by atoms with Gasteiger partial charge in [-0.3, -0.25) is 15.0 Å². The number of hydrogen-bond acceptors (Lipinski definition) is 6. The first-order valence-electron chi connectivity index (χ1n) is 9.38. The molecular formula is C22H20N4O3. The number of rotatable bonds is 3. The highest BCUT2D eigenvalue weighted by atomic mass is 16.3. The second-order valence-corrected chi connectivity index (χ2v) is 7.14. The van der Waals surface area contributed by atoms with Crippen LogP contribution in [0.3, 0.4) is 0 Å². The number of nitrogens with two attached hydrogens (primary N) is 1. The van der Waals surface area contributed by atoms with Crippen LogP contribution < -0.4 is 11.2 Å². The summed E-state index contributed by atoms with van der Waals surface area (Å²) < 4.78 is 5.51. The zero-order valence-corrected chi connectivity index (χ0v) is 15.9. The number of carbonyl (C=O) groups is 2. The van der Waals surface area contributed by atoms with E-state index in [4.69, 9.17) is 10.2 Å². The average Bonchev–Trinajstić information content (AvgIpc) is 3.24. The number of hydrazine groups is 1. The van der Waals surface area contributed by atoms with Crippen molar-refractivity contribution in [2.45, 2.75) is 32.1 Å². The molecule has 1 aliphatic heterocycles. The highest BCUT2D eigenvalue weighted by Gasteiger charge is 2.41. The van der Waals surface area contributed by atoms with Crippen LogP contribution in [0.2, 0.25) is 0 Å². The van der Waals surface area contributed by atoms with Crippen molar-refractivity contribution in [2.24, 2.45) is 5.73 Å². The van der Waals surface area contributed by atoms with E-state index in [0.717, 1.165) is 5.56 Å². The Morgan fingerprint density at radius 3 is 2.69 bits per heavy atom. The van der Waals surface area contributed by atoms with Crippen LogP contribution in [-0.2, 0) is 4.79 Å². The summed E-state index contributed by atoms with van der Waals surface area (Å²) in [6, 6.07) is 12.7. The van der Waals surface area contributed by atoms with Crippen molar-refractivity contribution >= 4 is 11.7 Å². The average molecular weight is 388 g/mol. The van der Waals surface area contributed by atoms with Gasteiger partial charge >= 0.3 is 0 Å².